The molecule has 4 heterocycles. The number of carboxylic acid groups (broad SMARTS) is 1. The van der Waals surface area contributed by atoms with E-state index in [0.29, 0.717) is 43.0 Å². The summed E-state index contributed by atoms with van der Waals surface area (Å²) in [5.74, 6) is -0.820. The predicted octanol–water partition coefficient (Wildman–Crippen LogP) is 6.17. The molecule has 2 aliphatic rings. The molecule has 1 aromatic carbocycles. The lowest BCUT2D eigenvalue weighted by Crippen LogP contribution is -2.47. The van der Waals surface area contributed by atoms with Crippen molar-refractivity contribution in [2.75, 3.05) is 41.5 Å². The number of amides is 1. The summed E-state index contributed by atoms with van der Waals surface area (Å²) in [6.07, 6.45) is -0.879. The van der Waals surface area contributed by atoms with Crippen LogP contribution in [0.25, 0.3) is 0 Å². The summed E-state index contributed by atoms with van der Waals surface area (Å²) in [5, 5.41) is 9.35. The van der Waals surface area contributed by atoms with Gasteiger partial charge < -0.3 is 24.4 Å². The zero-order valence-electron chi connectivity index (χ0n) is 26.2. The first-order chi connectivity index (χ1) is 22.4. The molecule has 252 valence electrons. The molecule has 2 aliphatic heterocycles. The fourth-order valence-corrected chi connectivity index (χ4v) is 6.16. The van der Waals surface area contributed by atoms with Gasteiger partial charge in [-0.05, 0) is 62.4 Å². The first-order valence-corrected chi connectivity index (χ1v) is 15.3. The molecule has 47 heavy (non-hydrogen) atoms. The summed E-state index contributed by atoms with van der Waals surface area (Å²) in [5.41, 5.74) is 0.583. The molecule has 1 fully saturated rings. The Kier molecular flexibility index (Phi) is 10.0. The van der Waals surface area contributed by atoms with Crippen LogP contribution in [0.1, 0.15) is 61.5 Å². The number of piperidine rings is 1. The Bertz CT molecular complexity index is 1580. The smallest absolute Gasteiger partial charge is 0.416 e. The van der Waals surface area contributed by atoms with Gasteiger partial charge in [0.25, 0.3) is 0 Å². The fourth-order valence-electron chi connectivity index (χ4n) is 6.16. The number of rotatable bonds is 9. The van der Waals surface area contributed by atoms with Gasteiger partial charge >= 0.3 is 18.2 Å². The van der Waals surface area contributed by atoms with Crippen molar-refractivity contribution in [3.05, 3.63) is 65.1 Å². The van der Waals surface area contributed by atoms with Gasteiger partial charge in [-0.1, -0.05) is 6.07 Å². The average Bonchev–Trinajstić information content (AvgIpc) is 3.06. The van der Waals surface area contributed by atoms with Gasteiger partial charge in [0.05, 0.1) is 60.7 Å². The lowest BCUT2D eigenvalue weighted by Gasteiger charge is -2.42. The fraction of sp³-hybridized carbons (Fsp3) is 0.469. The van der Waals surface area contributed by atoms with Crippen LogP contribution in [0.3, 0.4) is 0 Å². The Hall–Kier alpha value is -4.69. The number of hydrogen-bond acceptors (Lipinski definition) is 9. The molecule has 15 heteroatoms. The maximum absolute atomic E-state index is 13.8. The Labute approximate surface area is 269 Å². The number of ether oxygens (including phenoxy) is 2. The minimum atomic E-state index is -4.70. The number of anilines is 3. The molecule has 0 saturated carbocycles. The van der Waals surface area contributed by atoms with Gasteiger partial charge in [0.2, 0.25) is 11.8 Å². The predicted molar refractivity (Wildman–Crippen MR) is 164 cm³/mol. The molecule has 3 aromatic rings. The number of aliphatic carboxylic acids is 1. The number of hydrogen-bond donors (Lipinski definition) is 1. The second-order valence-corrected chi connectivity index (χ2v) is 11.6. The van der Waals surface area contributed by atoms with Crippen LogP contribution in [0.4, 0.5) is 39.7 Å². The second-order valence-electron chi connectivity index (χ2n) is 11.6. The minimum Gasteiger partial charge on any atom is -0.481 e. The molecule has 1 saturated heterocycles. The van der Waals surface area contributed by atoms with E-state index < -0.39 is 48.5 Å². The van der Waals surface area contributed by atoms with Crippen molar-refractivity contribution in [1.29, 1.82) is 0 Å². The Morgan fingerprint density at radius 3 is 2.36 bits per heavy atom. The number of nitrogens with zero attached hydrogens (tertiary/aromatic N) is 6. The zero-order chi connectivity index (χ0) is 33.9. The first-order valence-electron chi connectivity index (χ1n) is 15.3. The number of fused-ring (bicyclic) bond motifs is 1. The van der Waals surface area contributed by atoms with Crippen molar-refractivity contribution in [2.45, 2.75) is 64.6 Å². The van der Waals surface area contributed by atoms with Crippen molar-refractivity contribution in [3.8, 4) is 5.88 Å². The Balaban J connectivity index is 1.58. The number of carbonyl (C=O) groups excluding carboxylic acids is 1. The van der Waals surface area contributed by atoms with Gasteiger partial charge in [-0.25, -0.2) is 24.1 Å². The van der Waals surface area contributed by atoms with Crippen LogP contribution < -0.4 is 19.4 Å². The maximum Gasteiger partial charge on any atom is 0.416 e. The molecule has 1 N–H and O–H groups in total. The lowest BCUT2D eigenvalue weighted by atomic mass is 9.94. The Morgan fingerprint density at radius 1 is 1.09 bits per heavy atom. The number of carboxylic acids is 1. The van der Waals surface area contributed by atoms with E-state index in [1.807, 2.05) is 11.8 Å². The summed E-state index contributed by atoms with van der Waals surface area (Å²) in [6, 6.07) is 5.33. The summed E-state index contributed by atoms with van der Waals surface area (Å²) < 4.78 is 66.0. The van der Waals surface area contributed by atoms with Gasteiger partial charge in [-0.2, -0.15) is 13.2 Å². The van der Waals surface area contributed by atoms with Crippen molar-refractivity contribution >= 4 is 29.4 Å². The number of halogens is 4. The standard InChI is InChI=1S/C32H36F4N6O5/c1-4-47-31(45)42-19(2)11-26(28-25(42)5-6-27(39-28)46-3)41(18-21-12-20(15-33)13-23(14-21)32(34,35)36)30-37-16-24(17-38-30)40-9-7-22(8-10-40)29(43)44/h5-6,12-14,16-17,19,22,26H,4,7-11,15,18H2,1-3H3,(H,43,44)/t19-,26+/m1/s1. The van der Waals surface area contributed by atoms with Crippen molar-refractivity contribution < 1.29 is 41.7 Å². The number of methoxy groups -OCH3 is 1. The van der Waals surface area contributed by atoms with E-state index in [4.69, 9.17) is 9.47 Å². The van der Waals surface area contributed by atoms with Crippen LogP contribution in [0.2, 0.25) is 0 Å². The molecule has 0 bridgehead atoms. The van der Waals surface area contributed by atoms with Crippen molar-refractivity contribution in [1.82, 2.24) is 15.0 Å². The number of aromatic nitrogens is 3. The van der Waals surface area contributed by atoms with Crippen molar-refractivity contribution in [3.63, 3.8) is 0 Å². The molecule has 1 amide bonds. The monoisotopic (exact) mass is 660 g/mol. The minimum absolute atomic E-state index is 0.124. The number of pyridine rings is 1. The van der Waals surface area contributed by atoms with E-state index in [2.05, 4.69) is 15.0 Å². The molecular weight excluding hydrogens is 624 g/mol. The normalized spacial score (nSPS) is 18.4. The first kappa shape index (κ1) is 33.7. The van der Waals surface area contributed by atoms with Gasteiger partial charge in [-0.15, -0.1) is 0 Å². The third kappa shape index (κ3) is 7.33. The molecular formula is C32H36F4N6O5. The topological polar surface area (TPSA) is 121 Å². The van der Waals surface area contributed by atoms with Crippen molar-refractivity contribution in [2.24, 2.45) is 5.92 Å². The van der Waals surface area contributed by atoms with Crippen LogP contribution in [0, 0.1) is 5.92 Å². The van der Waals surface area contributed by atoms with E-state index in [0.717, 1.165) is 12.1 Å². The Morgan fingerprint density at radius 2 is 1.77 bits per heavy atom. The van der Waals surface area contributed by atoms with E-state index in [-0.39, 0.29) is 42.5 Å². The lowest BCUT2D eigenvalue weighted by molar-refractivity contribution is -0.142. The zero-order valence-corrected chi connectivity index (χ0v) is 26.2. The molecule has 2 aromatic heterocycles. The third-order valence-electron chi connectivity index (χ3n) is 8.48. The largest absolute Gasteiger partial charge is 0.481 e. The van der Waals surface area contributed by atoms with Crippen LogP contribution in [0.15, 0.2) is 42.7 Å². The molecule has 0 unspecified atom stereocenters. The third-order valence-corrected chi connectivity index (χ3v) is 8.48. The van der Waals surface area contributed by atoms with Gasteiger partial charge in [0, 0.05) is 31.7 Å². The highest BCUT2D eigenvalue weighted by atomic mass is 19.4. The van der Waals surface area contributed by atoms with Crippen LogP contribution in [-0.4, -0.2) is 65.0 Å². The highest BCUT2D eigenvalue weighted by Crippen LogP contribution is 2.43. The average molecular weight is 661 g/mol. The highest BCUT2D eigenvalue weighted by molar-refractivity contribution is 5.90. The molecule has 2 atom stereocenters. The number of benzene rings is 1. The van der Waals surface area contributed by atoms with E-state index in [9.17, 15) is 32.3 Å². The second kappa shape index (κ2) is 14.0. The molecule has 0 spiro atoms. The van der Waals surface area contributed by atoms with Crippen LogP contribution >= 0.6 is 0 Å². The number of alkyl halides is 4. The highest BCUT2D eigenvalue weighted by Gasteiger charge is 2.40. The quantitative estimate of drug-likeness (QED) is 0.267. The van der Waals surface area contributed by atoms with E-state index in [1.165, 1.54) is 18.1 Å². The summed E-state index contributed by atoms with van der Waals surface area (Å²) in [4.78, 5) is 43.5. The summed E-state index contributed by atoms with van der Waals surface area (Å²) in [6.45, 7) is 3.44. The SMILES string of the molecule is CCOC(=O)N1c2ccc(OC)nc2[C@@H](N(Cc2cc(CF)cc(C(F)(F)F)c2)c2ncc(N3CCC(C(=O)O)CC3)cn2)C[C@H]1C. The van der Waals surface area contributed by atoms with Crippen LogP contribution in [-0.2, 0) is 28.9 Å². The summed E-state index contributed by atoms with van der Waals surface area (Å²) >= 11 is 0. The summed E-state index contributed by atoms with van der Waals surface area (Å²) in [7, 11) is 1.44. The molecule has 11 nitrogen and oxygen atoms in total. The van der Waals surface area contributed by atoms with Crippen LogP contribution in [0.5, 0.6) is 5.88 Å². The van der Waals surface area contributed by atoms with E-state index in [1.54, 1.807) is 36.4 Å². The van der Waals surface area contributed by atoms with Gasteiger partial charge in [0.15, 0.2) is 0 Å². The molecule has 0 aliphatic carbocycles. The van der Waals surface area contributed by atoms with E-state index >= 15 is 0 Å². The van der Waals surface area contributed by atoms with Gasteiger partial charge in [-0.3, -0.25) is 9.69 Å². The number of carbonyl (C=O) groups is 2. The molecule has 5 rings (SSSR count). The van der Waals surface area contributed by atoms with Gasteiger partial charge in [0.1, 0.15) is 6.67 Å². The molecule has 0 radical (unpaired) electrons. The maximum atomic E-state index is 13.8.